The highest BCUT2D eigenvalue weighted by atomic mass is 16.5. The third-order valence-electron chi connectivity index (χ3n) is 3.70. The van der Waals surface area contributed by atoms with E-state index in [2.05, 4.69) is 27.2 Å². The fourth-order valence-electron chi connectivity index (χ4n) is 2.11. The molecule has 0 radical (unpaired) electrons. The summed E-state index contributed by atoms with van der Waals surface area (Å²) in [5.74, 6) is 2.11. The lowest BCUT2D eigenvalue weighted by molar-refractivity contribution is 0.464. The third-order valence-corrected chi connectivity index (χ3v) is 3.70. The van der Waals surface area contributed by atoms with Gasteiger partial charge in [0.15, 0.2) is 5.82 Å². The van der Waals surface area contributed by atoms with Crippen LogP contribution in [0.3, 0.4) is 0 Å². The molecule has 0 amide bonds. The van der Waals surface area contributed by atoms with Gasteiger partial charge in [0.05, 0.1) is 0 Å². The molecular weight excluding hydrogens is 302 g/mol. The normalized spacial score (nSPS) is 10.5. The molecule has 24 heavy (non-hydrogen) atoms. The van der Waals surface area contributed by atoms with Crippen molar-refractivity contribution in [2.75, 3.05) is 11.1 Å². The number of rotatable bonds is 4. The van der Waals surface area contributed by atoms with Gasteiger partial charge in [0.2, 0.25) is 5.88 Å². The zero-order valence-corrected chi connectivity index (χ0v) is 13.9. The smallest absolute Gasteiger partial charge is 0.248 e. The molecule has 0 bridgehead atoms. The molecule has 3 N–H and O–H groups in total. The highest BCUT2D eigenvalue weighted by molar-refractivity contribution is 5.71. The maximum Gasteiger partial charge on any atom is 0.248 e. The summed E-state index contributed by atoms with van der Waals surface area (Å²) in [6.45, 7) is 6.06. The molecule has 3 aromatic rings. The largest absolute Gasteiger partial charge is 0.437 e. The van der Waals surface area contributed by atoms with Gasteiger partial charge in [-0.25, -0.2) is 9.97 Å². The van der Waals surface area contributed by atoms with Crippen LogP contribution in [0.4, 0.5) is 17.3 Å². The van der Waals surface area contributed by atoms with Crippen LogP contribution in [-0.2, 0) is 0 Å². The first kappa shape index (κ1) is 15.7. The van der Waals surface area contributed by atoms with E-state index in [1.165, 1.54) is 11.9 Å². The van der Waals surface area contributed by atoms with Gasteiger partial charge in [0.25, 0.3) is 0 Å². The molecule has 0 fully saturated rings. The zero-order valence-electron chi connectivity index (χ0n) is 13.9. The van der Waals surface area contributed by atoms with Gasteiger partial charge in [0.1, 0.15) is 23.6 Å². The molecule has 0 spiro atoms. The molecule has 0 unspecified atom stereocenters. The fourth-order valence-corrected chi connectivity index (χ4v) is 2.11. The van der Waals surface area contributed by atoms with Crippen LogP contribution in [-0.4, -0.2) is 15.0 Å². The molecule has 1 aromatic carbocycles. The van der Waals surface area contributed by atoms with Crippen molar-refractivity contribution in [3.63, 3.8) is 0 Å². The minimum Gasteiger partial charge on any atom is -0.437 e. The molecular formula is C18H19N5O. The minimum absolute atomic E-state index is 0.308. The molecule has 6 nitrogen and oxygen atoms in total. The van der Waals surface area contributed by atoms with Gasteiger partial charge in [-0.1, -0.05) is 12.1 Å². The predicted molar refractivity (Wildman–Crippen MR) is 94.7 cm³/mol. The summed E-state index contributed by atoms with van der Waals surface area (Å²) in [6.07, 6.45) is 3.18. The van der Waals surface area contributed by atoms with Crippen molar-refractivity contribution in [1.29, 1.82) is 0 Å². The number of nitrogens with zero attached hydrogens (tertiary/aromatic N) is 3. The summed E-state index contributed by atoms with van der Waals surface area (Å²) < 4.78 is 5.81. The van der Waals surface area contributed by atoms with Gasteiger partial charge in [-0.3, -0.25) is 0 Å². The van der Waals surface area contributed by atoms with Crippen LogP contribution >= 0.6 is 0 Å². The predicted octanol–water partition coefficient (Wildman–Crippen LogP) is 3.91. The van der Waals surface area contributed by atoms with E-state index in [9.17, 15) is 0 Å². The second-order valence-electron chi connectivity index (χ2n) is 5.64. The Morgan fingerprint density at radius 1 is 0.958 bits per heavy atom. The Labute approximate surface area is 140 Å². The molecule has 0 aliphatic rings. The van der Waals surface area contributed by atoms with E-state index in [0.29, 0.717) is 29.0 Å². The molecule has 0 atom stereocenters. The van der Waals surface area contributed by atoms with E-state index in [0.717, 1.165) is 11.1 Å². The molecule has 0 aliphatic carbocycles. The summed E-state index contributed by atoms with van der Waals surface area (Å²) in [5.41, 5.74) is 9.89. The Morgan fingerprint density at radius 3 is 2.50 bits per heavy atom. The van der Waals surface area contributed by atoms with E-state index in [1.807, 2.05) is 44.2 Å². The molecule has 0 saturated heterocycles. The summed E-state index contributed by atoms with van der Waals surface area (Å²) in [5, 5.41) is 3.08. The fraction of sp³-hybridized carbons (Fsp3) is 0.167. The molecule has 122 valence electrons. The highest BCUT2D eigenvalue weighted by Gasteiger charge is 2.11. The number of nitrogens with one attached hydrogen (secondary N) is 1. The number of aryl methyl sites for hydroxylation is 3. The van der Waals surface area contributed by atoms with Crippen molar-refractivity contribution < 1.29 is 4.74 Å². The topological polar surface area (TPSA) is 86.0 Å². The van der Waals surface area contributed by atoms with E-state index in [1.54, 1.807) is 6.20 Å². The molecule has 6 heteroatoms. The average molecular weight is 321 g/mol. The molecule has 2 heterocycles. The summed E-state index contributed by atoms with van der Waals surface area (Å²) in [4.78, 5) is 12.6. The van der Waals surface area contributed by atoms with Crippen LogP contribution in [0.2, 0.25) is 0 Å². The third kappa shape index (κ3) is 3.43. The van der Waals surface area contributed by atoms with E-state index < -0.39 is 0 Å². The van der Waals surface area contributed by atoms with Crippen molar-refractivity contribution >= 4 is 17.3 Å². The molecule has 2 aromatic heterocycles. The van der Waals surface area contributed by atoms with Gasteiger partial charge >= 0.3 is 0 Å². The Morgan fingerprint density at radius 2 is 1.79 bits per heavy atom. The Hall–Kier alpha value is -3.15. The second kappa shape index (κ2) is 6.54. The standard InChI is InChI=1S/C18H19N5O/c1-11-4-7-15(20-9-11)23-17-16(19)18(22-10-21-17)24-14-6-5-12(2)13(3)8-14/h4-10H,19H2,1-3H3,(H,20,21,22,23). The van der Waals surface area contributed by atoms with Gasteiger partial charge in [-0.05, 0) is 55.7 Å². The zero-order chi connectivity index (χ0) is 17.1. The lowest BCUT2D eigenvalue weighted by Crippen LogP contribution is -2.04. The first-order chi connectivity index (χ1) is 11.5. The van der Waals surface area contributed by atoms with Crippen LogP contribution in [0.25, 0.3) is 0 Å². The maximum atomic E-state index is 6.14. The second-order valence-corrected chi connectivity index (χ2v) is 5.64. The van der Waals surface area contributed by atoms with Crippen molar-refractivity contribution in [2.24, 2.45) is 0 Å². The Bertz CT molecular complexity index is 862. The number of pyridine rings is 1. The maximum absolute atomic E-state index is 6.14. The van der Waals surface area contributed by atoms with Crippen LogP contribution in [0.1, 0.15) is 16.7 Å². The van der Waals surface area contributed by atoms with Crippen LogP contribution in [0.5, 0.6) is 11.6 Å². The number of nitrogen functional groups attached to an aromatic ring is 1. The molecule has 3 rings (SSSR count). The first-order valence-corrected chi connectivity index (χ1v) is 7.58. The Kier molecular flexibility index (Phi) is 4.29. The minimum atomic E-state index is 0.308. The number of anilines is 3. The Balaban J connectivity index is 1.84. The van der Waals surface area contributed by atoms with Gasteiger partial charge in [0, 0.05) is 6.20 Å². The highest BCUT2D eigenvalue weighted by Crippen LogP contribution is 2.31. The number of ether oxygens (including phenoxy) is 1. The van der Waals surface area contributed by atoms with Gasteiger partial charge in [-0.15, -0.1) is 0 Å². The van der Waals surface area contributed by atoms with Crippen molar-refractivity contribution in [1.82, 2.24) is 15.0 Å². The lowest BCUT2D eigenvalue weighted by Gasteiger charge is -2.12. The summed E-state index contributed by atoms with van der Waals surface area (Å²) >= 11 is 0. The number of hydrogen-bond acceptors (Lipinski definition) is 6. The first-order valence-electron chi connectivity index (χ1n) is 7.58. The van der Waals surface area contributed by atoms with Gasteiger partial charge in [-0.2, -0.15) is 4.98 Å². The van der Waals surface area contributed by atoms with Crippen LogP contribution in [0, 0.1) is 20.8 Å². The van der Waals surface area contributed by atoms with Crippen molar-refractivity contribution in [3.05, 3.63) is 59.5 Å². The van der Waals surface area contributed by atoms with Crippen molar-refractivity contribution in [3.8, 4) is 11.6 Å². The van der Waals surface area contributed by atoms with E-state index in [4.69, 9.17) is 10.5 Å². The van der Waals surface area contributed by atoms with E-state index >= 15 is 0 Å². The summed E-state index contributed by atoms with van der Waals surface area (Å²) in [7, 11) is 0. The average Bonchev–Trinajstić information content (AvgIpc) is 2.57. The number of hydrogen-bond donors (Lipinski definition) is 2. The molecule has 0 aliphatic heterocycles. The van der Waals surface area contributed by atoms with Gasteiger partial charge < -0.3 is 15.8 Å². The monoisotopic (exact) mass is 321 g/mol. The van der Waals surface area contributed by atoms with Crippen molar-refractivity contribution in [2.45, 2.75) is 20.8 Å². The van der Waals surface area contributed by atoms with E-state index in [-0.39, 0.29) is 0 Å². The lowest BCUT2D eigenvalue weighted by atomic mass is 10.1. The summed E-state index contributed by atoms with van der Waals surface area (Å²) in [6, 6.07) is 9.65. The molecule has 0 saturated carbocycles. The number of benzene rings is 1. The number of aromatic nitrogens is 3. The number of nitrogens with two attached hydrogens (primary N) is 1. The van der Waals surface area contributed by atoms with Crippen LogP contribution in [0.15, 0.2) is 42.9 Å². The van der Waals surface area contributed by atoms with Crippen LogP contribution < -0.4 is 15.8 Å². The quantitative estimate of drug-likeness (QED) is 0.757. The SMILES string of the molecule is Cc1ccc(Nc2ncnc(Oc3ccc(C)c(C)c3)c2N)nc1.